The zero-order valence-corrected chi connectivity index (χ0v) is 10.8. The van der Waals surface area contributed by atoms with E-state index in [2.05, 4.69) is 21.9 Å². The summed E-state index contributed by atoms with van der Waals surface area (Å²) in [6, 6.07) is 6.76. The second-order valence-corrected chi connectivity index (χ2v) is 5.19. The molecule has 0 unspecified atom stereocenters. The van der Waals surface area contributed by atoms with E-state index in [1.54, 1.807) is 31.2 Å². The molecule has 1 aromatic rings. The quantitative estimate of drug-likeness (QED) is 0.759. The van der Waals surface area contributed by atoms with Crippen molar-refractivity contribution in [1.82, 2.24) is 10.0 Å². The topological polar surface area (TPSA) is 58.2 Å². The molecular formula is C12H16N2O2S. The molecule has 0 aliphatic heterocycles. The zero-order valence-electron chi connectivity index (χ0n) is 9.95. The summed E-state index contributed by atoms with van der Waals surface area (Å²) in [5, 5.41) is 3.00. The summed E-state index contributed by atoms with van der Waals surface area (Å²) < 4.78 is 26.0. The Labute approximate surface area is 102 Å². The summed E-state index contributed by atoms with van der Waals surface area (Å²) in [5.41, 5.74) is 1.04. The van der Waals surface area contributed by atoms with Crippen molar-refractivity contribution in [3.05, 3.63) is 29.8 Å². The summed E-state index contributed by atoms with van der Waals surface area (Å²) in [5.74, 6) is 5.29. The maximum absolute atomic E-state index is 11.8. The molecule has 0 heterocycles. The summed E-state index contributed by atoms with van der Waals surface area (Å²) in [4.78, 5) is 0.259. The zero-order chi connectivity index (χ0) is 12.7. The minimum Gasteiger partial charge on any atom is -0.316 e. The van der Waals surface area contributed by atoms with Crippen LogP contribution in [-0.2, 0) is 16.6 Å². The van der Waals surface area contributed by atoms with Crippen LogP contribution in [0.5, 0.6) is 0 Å². The summed E-state index contributed by atoms with van der Waals surface area (Å²) in [6.07, 6.45) is 0. The third-order valence-corrected chi connectivity index (χ3v) is 3.56. The number of nitrogens with one attached hydrogen (secondary N) is 2. The Morgan fingerprint density at radius 1 is 1.24 bits per heavy atom. The normalized spacial score (nSPS) is 10.7. The van der Waals surface area contributed by atoms with Crippen LogP contribution in [0.2, 0.25) is 0 Å². The molecule has 1 aromatic carbocycles. The number of sulfonamides is 1. The van der Waals surface area contributed by atoms with E-state index in [0.717, 1.165) is 12.1 Å². The van der Waals surface area contributed by atoms with Crippen LogP contribution in [-0.4, -0.2) is 22.0 Å². The summed E-state index contributed by atoms with van der Waals surface area (Å²) in [7, 11) is -1.59. The van der Waals surface area contributed by atoms with Crippen LogP contribution in [0.15, 0.2) is 29.2 Å². The lowest BCUT2D eigenvalue weighted by atomic mass is 10.2. The Kier molecular flexibility index (Phi) is 5.16. The molecule has 0 bridgehead atoms. The first-order valence-corrected chi connectivity index (χ1v) is 6.71. The van der Waals surface area contributed by atoms with Gasteiger partial charge in [0.2, 0.25) is 10.0 Å². The molecule has 4 nitrogen and oxygen atoms in total. The SMILES string of the molecule is CC#CCNS(=O)(=O)c1ccc(CNC)cc1. The second kappa shape index (κ2) is 6.40. The maximum atomic E-state index is 11.8. The highest BCUT2D eigenvalue weighted by atomic mass is 32.2. The van der Waals surface area contributed by atoms with Gasteiger partial charge < -0.3 is 5.32 Å². The fraction of sp³-hybridized carbons (Fsp3) is 0.333. The van der Waals surface area contributed by atoms with Crippen molar-refractivity contribution in [1.29, 1.82) is 0 Å². The fourth-order valence-corrected chi connectivity index (χ4v) is 2.22. The average Bonchev–Trinajstić information content (AvgIpc) is 2.30. The average molecular weight is 252 g/mol. The highest BCUT2D eigenvalue weighted by molar-refractivity contribution is 7.89. The van der Waals surface area contributed by atoms with Crippen molar-refractivity contribution in [3.8, 4) is 11.8 Å². The number of hydrogen-bond donors (Lipinski definition) is 2. The van der Waals surface area contributed by atoms with E-state index < -0.39 is 10.0 Å². The van der Waals surface area contributed by atoms with E-state index in [4.69, 9.17) is 0 Å². The van der Waals surface area contributed by atoms with Gasteiger partial charge in [0.15, 0.2) is 0 Å². The van der Waals surface area contributed by atoms with Gasteiger partial charge in [0, 0.05) is 6.54 Å². The molecule has 5 heteroatoms. The van der Waals surface area contributed by atoms with Crippen LogP contribution in [0, 0.1) is 11.8 Å². The van der Waals surface area contributed by atoms with Crippen LogP contribution >= 0.6 is 0 Å². The van der Waals surface area contributed by atoms with Gasteiger partial charge in [-0.1, -0.05) is 18.1 Å². The van der Waals surface area contributed by atoms with E-state index in [1.807, 2.05) is 7.05 Å². The third-order valence-electron chi connectivity index (χ3n) is 2.14. The second-order valence-electron chi connectivity index (χ2n) is 3.43. The van der Waals surface area contributed by atoms with Crippen LogP contribution in [0.4, 0.5) is 0 Å². The summed E-state index contributed by atoms with van der Waals surface area (Å²) >= 11 is 0. The molecule has 0 atom stereocenters. The van der Waals surface area contributed by atoms with Crippen LogP contribution in [0.1, 0.15) is 12.5 Å². The predicted molar refractivity (Wildman–Crippen MR) is 67.8 cm³/mol. The van der Waals surface area contributed by atoms with Gasteiger partial charge in [-0.3, -0.25) is 0 Å². The molecule has 0 aliphatic rings. The molecular weight excluding hydrogens is 236 g/mol. The number of hydrogen-bond acceptors (Lipinski definition) is 3. The largest absolute Gasteiger partial charge is 0.316 e. The molecule has 0 aromatic heterocycles. The van der Waals surface area contributed by atoms with E-state index in [9.17, 15) is 8.42 Å². The molecule has 2 N–H and O–H groups in total. The van der Waals surface area contributed by atoms with Crippen LogP contribution in [0.3, 0.4) is 0 Å². The van der Waals surface area contributed by atoms with Crippen molar-refractivity contribution >= 4 is 10.0 Å². The van der Waals surface area contributed by atoms with E-state index in [1.165, 1.54) is 0 Å². The Morgan fingerprint density at radius 3 is 2.41 bits per heavy atom. The molecule has 17 heavy (non-hydrogen) atoms. The van der Waals surface area contributed by atoms with Crippen molar-refractivity contribution < 1.29 is 8.42 Å². The minimum absolute atomic E-state index is 0.136. The van der Waals surface area contributed by atoms with Crippen LogP contribution < -0.4 is 10.0 Å². The van der Waals surface area contributed by atoms with Crippen molar-refractivity contribution in [3.63, 3.8) is 0 Å². The Bertz CT molecular complexity index is 510. The molecule has 0 aliphatic carbocycles. The van der Waals surface area contributed by atoms with Gasteiger partial charge in [0.25, 0.3) is 0 Å². The lowest BCUT2D eigenvalue weighted by Gasteiger charge is -2.05. The van der Waals surface area contributed by atoms with Crippen LogP contribution in [0.25, 0.3) is 0 Å². The van der Waals surface area contributed by atoms with E-state index >= 15 is 0 Å². The van der Waals surface area contributed by atoms with Gasteiger partial charge in [0.1, 0.15) is 0 Å². The Morgan fingerprint density at radius 2 is 1.88 bits per heavy atom. The first-order chi connectivity index (χ1) is 8.10. The highest BCUT2D eigenvalue weighted by Crippen LogP contribution is 2.10. The standard InChI is InChI=1S/C12H16N2O2S/c1-3-4-9-14-17(15,16)12-7-5-11(6-8-12)10-13-2/h5-8,13-14H,9-10H2,1-2H3. The molecule has 0 fully saturated rings. The Balaban J connectivity index is 2.80. The lowest BCUT2D eigenvalue weighted by molar-refractivity contribution is 0.586. The smallest absolute Gasteiger partial charge is 0.241 e. The molecule has 0 amide bonds. The maximum Gasteiger partial charge on any atom is 0.241 e. The molecule has 1 rings (SSSR count). The molecule has 0 radical (unpaired) electrons. The first kappa shape index (κ1) is 13.7. The number of benzene rings is 1. The van der Waals surface area contributed by atoms with Crippen molar-refractivity contribution in [2.45, 2.75) is 18.4 Å². The molecule has 92 valence electrons. The number of rotatable bonds is 5. The predicted octanol–water partition coefficient (Wildman–Crippen LogP) is 0.708. The van der Waals surface area contributed by atoms with E-state index in [0.29, 0.717) is 0 Å². The van der Waals surface area contributed by atoms with Crippen molar-refractivity contribution in [2.24, 2.45) is 0 Å². The Hall–Kier alpha value is -1.35. The minimum atomic E-state index is -3.44. The first-order valence-electron chi connectivity index (χ1n) is 5.23. The lowest BCUT2D eigenvalue weighted by Crippen LogP contribution is -2.24. The van der Waals surface area contributed by atoms with Gasteiger partial charge in [-0.05, 0) is 31.7 Å². The third kappa shape index (κ3) is 4.19. The van der Waals surface area contributed by atoms with Gasteiger partial charge in [-0.2, -0.15) is 4.72 Å². The van der Waals surface area contributed by atoms with Gasteiger partial charge in [-0.25, -0.2) is 8.42 Å². The fourth-order valence-electron chi connectivity index (χ4n) is 1.29. The van der Waals surface area contributed by atoms with E-state index in [-0.39, 0.29) is 11.4 Å². The molecule has 0 saturated heterocycles. The monoisotopic (exact) mass is 252 g/mol. The van der Waals surface area contributed by atoms with Crippen molar-refractivity contribution in [2.75, 3.05) is 13.6 Å². The van der Waals surface area contributed by atoms with Gasteiger partial charge in [-0.15, -0.1) is 5.92 Å². The molecule has 0 saturated carbocycles. The van der Waals surface area contributed by atoms with Gasteiger partial charge in [0.05, 0.1) is 11.4 Å². The van der Waals surface area contributed by atoms with Gasteiger partial charge >= 0.3 is 0 Å². The summed E-state index contributed by atoms with van der Waals surface area (Å²) in [6.45, 7) is 2.52. The molecule has 0 spiro atoms. The highest BCUT2D eigenvalue weighted by Gasteiger charge is 2.11.